The predicted octanol–water partition coefficient (Wildman–Crippen LogP) is 1.41. The molecule has 24 heavy (non-hydrogen) atoms. The zero-order chi connectivity index (χ0) is 17.4. The van der Waals surface area contributed by atoms with Crippen LogP contribution in [0.3, 0.4) is 0 Å². The highest BCUT2D eigenvalue weighted by Gasteiger charge is 2.16. The Bertz CT molecular complexity index is 493. The fourth-order valence-corrected chi connectivity index (χ4v) is 3.18. The molecule has 0 spiro atoms. The molecule has 1 aromatic rings. The van der Waals surface area contributed by atoms with Crippen LogP contribution in [-0.4, -0.2) is 45.3 Å². The second-order valence-electron chi connectivity index (χ2n) is 7.32. The molecule has 1 amide bonds. The summed E-state index contributed by atoms with van der Waals surface area (Å²) < 4.78 is 5.36. The summed E-state index contributed by atoms with van der Waals surface area (Å²) in [5.74, 6) is 0.697. The molecule has 1 aromatic carbocycles. The molecule has 1 fully saturated rings. The molecular weight excluding hydrogens is 300 g/mol. The van der Waals surface area contributed by atoms with Crippen LogP contribution in [0.4, 0.5) is 0 Å². The molecule has 134 valence electrons. The van der Waals surface area contributed by atoms with Gasteiger partial charge in [0.25, 0.3) is 0 Å². The van der Waals surface area contributed by atoms with Crippen LogP contribution >= 0.6 is 0 Å². The first-order valence-corrected chi connectivity index (χ1v) is 9.34. The molecule has 0 unspecified atom stereocenters. The van der Waals surface area contributed by atoms with Gasteiger partial charge < -0.3 is 15.0 Å². The molecule has 1 saturated heterocycles. The normalized spacial score (nSPS) is 17.0. The molecule has 1 aliphatic rings. The summed E-state index contributed by atoms with van der Waals surface area (Å²) in [6, 6.07) is 8.50. The largest absolute Gasteiger partial charge is 0.370 e. The van der Waals surface area contributed by atoms with Gasteiger partial charge in [0.15, 0.2) is 0 Å². The Labute approximate surface area is 146 Å². The van der Waals surface area contributed by atoms with Crippen LogP contribution < -0.4 is 10.2 Å². The number of morpholine rings is 1. The number of rotatable bonds is 8. The van der Waals surface area contributed by atoms with Crippen molar-refractivity contribution < 1.29 is 14.4 Å². The molecule has 0 aromatic heterocycles. The number of ether oxygens (including phenoxy) is 1. The van der Waals surface area contributed by atoms with Crippen molar-refractivity contribution in [1.82, 2.24) is 5.32 Å². The Morgan fingerprint density at radius 3 is 2.46 bits per heavy atom. The van der Waals surface area contributed by atoms with E-state index in [1.807, 2.05) is 6.92 Å². The van der Waals surface area contributed by atoms with E-state index in [1.165, 1.54) is 5.56 Å². The minimum Gasteiger partial charge on any atom is -0.370 e. The van der Waals surface area contributed by atoms with E-state index in [0.717, 1.165) is 57.8 Å². The summed E-state index contributed by atoms with van der Waals surface area (Å²) in [5.41, 5.74) is 2.44. The number of quaternary nitrogens is 1. The average molecular weight is 333 g/mol. The van der Waals surface area contributed by atoms with E-state index in [2.05, 4.69) is 43.4 Å². The zero-order valence-electron chi connectivity index (χ0n) is 15.4. The Morgan fingerprint density at radius 2 is 1.83 bits per heavy atom. The summed E-state index contributed by atoms with van der Waals surface area (Å²) >= 11 is 0. The van der Waals surface area contributed by atoms with E-state index >= 15 is 0 Å². The van der Waals surface area contributed by atoms with Gasteiger partial charge in [-0.05, 0) is 30.4 Å². The SMILES string of the molecule is CC(C)Cc1ccc([C@@H](C)C(=O)NCCC[NH+]2CCOCC2)cc1. The van der Waals surface area contributed by atoms with Crippen molar-refractivity contribution in [3.05, 3.63) is 35.4 Å². The van der Waals surface area contributed by atoms with E-state index in [-0.39, 0.29) is 11.8 Å². The number of carbonyl (C=O) groups is 1. The molecule has 0 saturated carbocycles. The highest BCUT2D eigenvalue weighted by molar-refractivity contribution is 5.83. The maximum absolute atomic E-state index is 12.3. The van der Waals surface area contributed by atoms with Crippen LogP contribution in [0.15, 0.2) is 24.3 Å². The summed E-state index contributed by atoms with van der Waals surface area (Å²) in [5, 5.41) is 3.08. The third kappa shape index (κ3) is 6.25. The lowest BCUT2D eigenvalue weighted by Gasteiger charge is -2.23. The minimum absolute atomic E-state index is 0.0890. The summed E-state index contributed by atoms with van der Waals surface area (Å²) in [4.78, 5) is 13.9. The maximum Gasteiger partial charge on any atom is 0.227 e. The standard InChI is InChI=1S/C20H32N2O2/c1-16(2)15-18-5-7-19(8-6-18)17(3)20(23)21-9-4-10-22-11-13-24-14-12-22/h5-8,16-17H,4,9-15H2,1-3H3,(H,21,23)/p+1/t17-/m1/s1. The predicted molar refractivity (Wildman–Crippen MR) is 97.4 cm³/mol. The van der Waals surface area contributed by atoms with Crippen LogP contribution in [0.2, 0.25) is 0 Å². The van der Waals surface area contributed by atoms with Gasteiger partial charge in [-0.25, -0.2) is 0 Å². The monoisotopic (exact) mass is 333 g/mol. The van der Waals surface area contributed by atoms with Crippen LogP contribution in [0.1, 0.15) is 44.2 Å². The topological polar surface area (TPSA) is 42.8 Å². The third-order valence-electron chi connectivity index (χ3n) is 4.72. The van der Waals surface area contributed by atoms with E-state index in [4.69, 9.17) is 4.74 Å². The number of amides is 1. The molecule has 2 rings (SSSR count). The summed E-state index contributed by atoms with van der Waals surface area (Å²) in [6.45, 7) is 12.2. The molecule has 1 aliphatic heterocycles. The van der Waals surface area contributed by atoms with Gasteiger partial charge in [0, 0.05) is 13.0 Å². The lowest BCUT2D eigenvalue weighted by molar-refractivity contribution is -0.908. The van der Waals surface area contributed by atoms with Gasteiger partial charge in [0.1, 0.15) is 13.1 Å². The van der Waals surface area contributed by atoms with Crippen molar-refractivity contribution >= 4 is 5.91 Å². The van der Waals surface area contributed by atoms with E-state index in [0.29, 0.717) is 5.92 Å². The van der Waals surface area contributed by atoms with Crippen molar-refractivity contribution in [2.24, 2.45) is 5.92 Å². The molecule has 1 atom stereocenters. The van der Waals surface area contributed by atoms with Crippen molar-refractivity contribution in [2.75, 3.05) is 39.4 Å². The van der Waals surface area contributed by atoms with Crippen molar-refractivity contribution in [3.63, 3.8) is 0 Å². The van der Waals surface area contributed by atoms with Gasteiger partial charge in [-0.2, -0.15) is 0 Å². The molecule has 0 bridgehead atoms. The Balaban J connectivity index is 1.71. The number of hydrogen-bond donors (Lipinski definition) is 2. The van der Waals surface area contributed by atoms with Gasteiger partial charge >= 0.3 is 0 Å². The van der Waals surface area contributed by atoms with Crippen LogP contribution in [0.5, 0.6) is 0 Å². The smallest absolute Gasteiger partial charge is 0.227 e. The van der Waals surface area contributed by atoms with Crippen molar-refractivity contribution in [2.45, 2.75) is 39.5 Å². The molecule has 0 radical (unpaired) electrons. The summed E-state index contributed by atoms with van der Waals surface area (Å²) in [7, 11) is 0. The molecule has 4 nitrogen and oxygen atoms in total. The Kier molecular flexibility index (Phi) is 7.73. The first-order chi connectivity index (χ1) is 11.6. The highest BCUT2D eigenvalue weighted by atomic mass is 16.5. The molecule has 4 heteroatoms. The first-order valence-electron chi connectivity index (χ1n) is 9.34. The molecule has 1 heterocycles. The fourth-order valence-electron chi connectivity index (χ4n) is 3.18. The maximum atomic E-state index is 12.3. The van der Waals surface area contributed by atoms with Gasteiger partial charge in [-0.15, -0.1) is 0 Å². The highest BCUT2D eigenvalue weighted by Crippen LogP contribution is 2.17. The number of benzene rings is 1. The molecule has 2 N–H and O–H groups in total. The fraction of sp³-hybridized carbons (Fsp3) is 0.650. The average Bonchev–Trinajstić information content (AvgIpc) is 2.59. The number of nitrogens with one attached hydrogen (secondary N) is 2. The van der Waals surface area contributed by atoms with E-state index in [9.17, 15) is 4.79 Å². The number of carbonyl (C=O) groups excluding carboxylic acids is 1. The van der Waals surface area contributed by atoms with Crippen molar-refractivity contribution in [3.8, 4) is 0 Å². The second kappa shape index (κ2) is 9.80. The van der Waals surface area contributed by atoms with E-state index < -0.39 is 0 Å². The first kappa shape index (κ1) is 18.9. The van der Waals surface area contributed by atoms with Crippen molar-refractivity contribution in [1.29, 1.82) is 0 Å². The summed E-state index contributed by atoms with van der Waals surface area (Å²) in [6.07, 6.45) is 2.12. The van der Waals surface area contributed by atoms with E-state index in [1.54, 1.807) is 4.90 Å². The number of hydrogen-bond acceptors (Lipinski definition) is 2. The second-order valence-corrected chi connectivity index (χ2v) is 7.32. The van der Waals surface area contributed by atoms with Gasteiger partial charge in [0.2, 0.25) is 5.91 Å². The Morgan fingerprint density at radius 1 is 1.17 bits per heavy atom. The zero-order valence-corrected chi connectivity index (χ0v) is 15.4. The lowest BCUT2D eigenvalue weighted by atomic mass is 9.96. The van der Waals surface area contributed by atoms with Gasteiger partial charge in [-0.3, -0.25) is 4.79 Å². The van der Waals surface area contributed by atoms with Crippen LogP contribution in [0.25, 0.3) is 0 Å². The molecule has 0 aliphatic carbocycles. The van der Waals surface area contributed by atoms with Gasteiger partial charge in [0.05, 0.1) is 25.7 Å². The molecular formula is C20H33N2O2+. The minimum atomic E-state index is -0.0890. The lowest BCUT2D eigenvalue weighted by Crippen LogP contribution is -3.14. The van der Waals surface area contributed by atoms with Crippen LogP contribution in [0, 0.1) is 5.92 Å². The van der Waals surface area contributed by atoms with Gasteiger partial charge in [-0.1, -0.05) is 38.1 Å². The Hall–Kier alpha value is -1.39. The van der Waals surface area contributed by atoms with Crippen LogP contribution in [-0.2, 0) is 16.0 Å². The quantitative estimate of drug-likeness (QED) is 0.707. The third-order valence-corrected chi connectivity index (χ3v) is 4.72.